The van der Waals surface area contributed by atoms with E-state index in [-0.39, 0.29) is 24.4 Å². The van der Waals surface area contributed by atoms with Crippen LogP contribution in [0.1, 0.15) is 80.5 Å². The van der Waals surface area contributed by atoms with Gasteiger partial charge in [0, 0.05) is 49.7 Å². The molecule has 0 spiro atoms. The van der Waals surface area contributed by atoms with E-state index in [1.165, 1.54) is 11.3 Å². The number of carbonyl (C=O) groups is 1. The highest BCUT2D eigenvalue weighted by Gasteiger charge is 2.50. The number of amides is 1. The summed E-state index contributed by atoms with van der Waals surface area (Å²) < 4.78 is 39.7. The van der Waals surface area contributed by atoms with Gasteiger partial charge >= 0.3 is 6.18 Å². The average molecular weight is 537 g/mol. The lowest BCUT2D eigenvalue weighted by Crippen LogP contribution is -2.49. The van der Waals surface area contributed by atoms with E-state index in [4.69, 9.17) is 0 Å². The molecular weight excluding hydrogens is 501 g/mol. The number of halogens is 3. The van der Waals surface area contributed by atoms with Crippen molar-refractivity contribution in [2.24, 2.45) is 11.3 Å². The second-order valence-corrected chi connectivity index (χ2v) is 12.3. The number of rotatable bonds is 5. The minimum Gasteiger partial charge on any atom is -0.384 e. The Kier molecular flexibility index (Phi) is 7.13. The Morgan fingerprint density at radius 2 is 1.92 bits per heavy atom. The minimum atomic E-state index is -4.45. The maximum Gasteiger partial charge on any atom is 0.417 e. The van der Waals surface area contributed by atoms with Crippen molar-refractivity contribution >= 4 is 17.2 Å². The molecule has 10 heteroatoms. The van der Waals surface area contributed by atoms with Crippen LogP contribution in [0, 0.1) is 11.3 Å². The topological polar surface area (TPSA) is 78.4 Å². The van der Waals surface area contributed by atoms with E-state index in [1.807, 2.05) is 0 Å². The van der Waals surface area contributed by atoms with E-state index >= 15 is 0 Å². The van der Waals surface area contributed by atoms with Crippen LogP contribution in [0.25, 0.3) is 0 Å². The molecule has 0 aromatic carbocycles. The standard InChI is InChI=1S/C27H35F3N4O2S/c1-17(2)25(24(35)34-10-6-22-18(15-34)11-19(13-32-22)27(28,29)30)7-3-21(12-25)33-20-4-8-26(36,9-5-20)23-14-31-16-37-23/h11,13-14,16-17,20-21,33,36H,3-10,12,15H2,1-2H3/t20?,21-,25+,26?/m1/s1. The first-order chi connectivity index (χ1) is 17.5. The first-order valence-corrected chi connectivity index (χ1v) is 14.1. The quantitative estimate of drug-likeness (QED) is 0.559. The highest BCUT2D eigenvalue weighted by atomic mass is 32.1. The molecule has 202 valence electrons. The van der Waals surface area contributed by atoms with Crippen molar-refractivity contribution < 1.29 is 23.1 Å². The summed E-state index contributed by atoms with van der Waals surface area (Å²) in [4.78, 5) is 24.8. The number of aromatic nitrogens is 2. The van der Waals surface area contributed by atoms with Gasteiger partial charge in [-0.2, -0.15) is 13.2 Å². The number of pyridine rings is 1. The highest BCUT2D eigenvalue weighted by Crippen LogP contribution is 2.47. The monoisotopic (exact) mass is 536 g/mol. The van der Waals surface area contributed by atoms with Gasteiger partial charge in [-0.25, -0.2) is 0 Å². The van der Waals surface area contributed by atoms with Crippen molar-refractivity contribution in [3.63, 3.8) is 0 Å². The number of hydrogen-bond donors (Lipinski definition) is 2. The van der Waals surface area contributed by atoms with E-state index in [9.17, 15) is 23.1 Å². The van der Waals surface area contributed by atoms with Crippen molar-refractivity contribution in [2.75, 3.05) is 6.54 Å². The third kappa shape index (κ3) is 5.16. The van der Waals surface area contributed by atoms with Crippen LogP contribution in [0.2, 0.25) is 0 Å². The first-order valence-electron chi connectivity index (χ1n) is 13.2. The number of nitrogens with one attached hydrogen (secondary N) is 1. The van der Waals surface area contributed by atoms with Gasteiger partial charge in [0.2, 0.25) is 5.91 Å². The number of carbonyl (C=O) groups excluding carboxylic acids is 1. The molecule has 2 aromatic rings. The van der Waals surface area contributed by atoms with E-state index in [0.717, 1.165) is 49.2 Å². The zero-order valence-corrected chi connectivity index (χ0v) is 22.2. The van der Waals surface area contributed by atoms with Crippen LogP contribution in [0.3, 0.4) is 0 Å². The number of alkyl halides is 3. The molecule has 37 heavy (non-hydrogen) atoms. The van der Waals surface area contributed by atoms with Crippen LogP contribution in [0.15, 0.2) is 24.0 Å². The molecule has 0 saturated heterocycles. The fourth-order valence-electron chi connectivity index (χ4n) is 6.54. The van der Waals surface area contributed by atoms with Crippen molar-refractivity contribution in [3.8, 4) is 0 Å². The van der Waals surface area contributed by atoms with Crippen LogP contribution in [-0.2, 0) is 29.5 Å². The third-order valence-electron chi connectivity index (χ3n) is 8.91. The second-order valence-electron chi connectivity index (χ2n) is 11.4. The summed E-state index contributed by atoms with van der Waals surface area (Å²) in [5, 5.41) is 14.8. The van der Waals surface area contributed by atoms with E-state index in [1.54, 1.807) is 16.6 Å². The minimum absolute atomic E-state index is 0.0538. The molecule has 2 N–H and O–H groups in total. The Morgan fingerprint density at radius 1 is 1.19 bits per heavy atom. The smallest absolute Gasteiger partial charge is 0.384 e. The van der Waals surface area contributed by atoms with Gasteiger partial charge in [-0.15, -0.1) is 11.3 Å². The van der Waals surface area contributed by atoms with Gasteiger partial charge in [0.05, 0.1) is 21.4 Å². The molecule has 0 bridgehead atoms. The Hall–Kier alpha value is -2.04. The molecule has 2 saturated carbocycles. The van der Waals surface area contributed by atoms with Gasteiger partial charge < -0.3 is 15.3 Å². The molecule has 5 rings (SSSR count). The van der Waals surface area contributed by atoms with Crippen LogP contribution >= 0.6 is 11.3 Å². The Morgan fingerprint density at radius 3 is 2.57 bits per heavy atom. The molecule has 2 aromatic heterocycles. The van der Waals surface area contributed by atoms with Crippen LogP contribution < -0.4 is 5.32 Å². The van der Waals surface area contributed by atoms with Gasteiger partial charge in [-0.1, -0.05) is 13.8 Å². The third-order valence-corrected chi connectivity index (χ3v) is 9.88. The first kappa shape index (κ1) is 26.6. The lowest BCUT2D eigenvalue weighted by atomic mass is 9.73. The fraction of sp³-hybridized carbons (Fsp3) is 0.667. The molecule has 1 amide bonds. The van der Waals surface area contributed by atoms with Crippen molar-refractivity contribution in [3.05, 3.63) is 45.7 Å². The molecule has 2 aliphatic carbocycles. The molecule has 3 aliphatic rings. The second kappa shape index (κ2) is 9.93. The maximum atomic E-state index is 13.9. The highest BCUT2D eigenvalue weighted by molar-refractivity contribution is 7.09. The number of fused-ring (bicyclic) bond motifs is 1. The van der Waals surface area contributed by atoms with Gasteiger partial charge in [-0.05, 0) is 62.5 Å². The van der Waals surface area contributed by atoms with Gasteiger partial charge in [-0.3, -0.25) is 14.8 Å². The SMILES string of the molecule is CC(C)[C@]1(C(=O)N2CCc3ncc(C(F)(F)F)cc3C2)CC[C@@H](NC2CCC(O)(c3cncs3)CC2)C1. The zero-order valence-electron chi connectivity index (χ0n) is 21.4. The molecular formula is C27H35F3N4O2S. The number of hydrogen-bond acceptors (Lipinski definition) is 6. The Balaban J connectivity index is 1.23. The lowest BCUT2D eigenvalue weighted by Gasteiger charge is -2.40. The summed E-state index contributed by atoms with van der Waals surface area (Å²) in [5.74, 6) is 0.175. The summed E-state index contributed by atoms with van der Waals surface area (Å²) in [7, 11) is 0. The summed E-state index contributed by atoms with van der Waals surface area (Å²) in [5.41, 5.74) is 0.818. The van der Waals surface area contributed by atoms with E-state index in [2.05, 4.69) is 29.1 Å². The maximum absolute atomic E-state index is 13.9. The normalized spacial score (nSPS) is 30.5. The molecule has 3 heterocycles. The van der Waals surface area contributed by atoms with Gasteiger partial charge in [0.15, 0.2) is 0 Å². The van der Waals surface area contributed by atoms with Crippen molar-refractivity contribution in [1.29, 1.82) is 0 Å². The largest absolute Gasteiger partial charge is 0.417 e. The fourth-order valence-corrected chi connectivity index (χ4v) is 7.32. The van der Waals surface area contributed by atoms with E-state index in [0.29, 0.717) is 43.1 Å². The molecule has 0 radical (unpaired) electrons. The summed E-state index contributed by atoms with van der Waals surface area (Å²) in [6, 6.07) is 1.66. The summed E-state index contributed by atoms with van der Waals surface area (Å²) in [6.07, 6.45) is 4.17. The Bertz CT molecular complexity index is 1120. The lowest BCUT2D eigenvalue weighted by molar-refractivity contribution is -0.146. The zero-order chi connectivity index (χ0) is 26.4. The van der Waals surface area contributed by atoms with Crippen LogP contribution in [-0.4, -0.2) is 44.5 Å². The number of thiazole rings is 1. The van der Waals surface area contributed by atoms with Gasteiger partial charge in [0.25, 0.3) is 0 Å². The number of nitrogens with zero attached hydrogens (tertiary/aromatic N) is 3. The molecule has 2 fully saturated rings. The Labute approximate surface area is 219 Å². The average Bonchev–Trinajstić information content (AvgIpc) is 3.56. The predicted molar refractivity (Wildman–Crippen MR) is 135 cm³/mol. The number of aliphatic hydroxyl groups is 1. The molecule has 0 unspecified atom stereocenters. The van der Waals surface area contributed by atoms with Gasteiger partial charge in [0.1, 0.15) is 5.60 Å². The van der Waals surface area contributed by atoms with Crippen molar-refractivity contribution in [1.82, 2.24) is 20.2 Å². The molecule has 2 atom stereocenters. The van der Waals surface area contributed by atoms with Crippen molar-refractivity contribution in [2.45, 2.75) is 95.6 Å². The molecule has 6 nitrogen and oxygen atoms in total. The van der Waals surface area contributed by atoms with E-state index < -0.39 is 22.8 Å². The van der Waals surface area contributed by atoms with Crippen LogP contribution in [0.4, 0.5) is 13.2 Å². The summed E-state index contributed by atoms with van der Waals surface area (Å²) >= 11 is 1.50. The molecule has 1 aliphatic heterocycles. The predicted octanol–water partition coefficient (Wildman–Crippen LogP) is 5.06. The van der Waals surface area contributed by atoms with Crippen LogP contribution in [0.5, 0.6) is 0 Å². The summed E-state index contributed by atoms with van der Waals surface area (Å²) in [6.45, 7) is 4.82.